The number of hydrogen-bond donors (Lipinski definition) is 4. The Morgan fingerprint density at radius 1 is 0.636 bits per heavy atom. The predicted octanol–water partition coefficient (Wildman–Crippen LogP) is 5.95. The summed E-state index contributed by atoms with van der Waals surface area (Å²) in [6, 6.07) is 29.1. The molecule has 332 valence electrons. The number of nitrogens with one attached hydrogen (secondary N) is 2. The highest BCUT2D eigenvalue weighted by Crippen LogP contribution is 2.29. The number of halogens is 1. The van der Waals surface area contributed by atoms with E-state index < -0.39 is 7.12 Å². The fourth-order valence-electron chi connectivity index (χ4n) is 6.78. The van der Waals surface area contributed by atoms with Gasteiger partial charge in [0.05, 0.1) is 24.3 Å². The number of amides is 2. The largest absolute Gasteiger partial charge is 0.493 e. The Labute approximate surface area is 387 Å². The van der Waals surface area contributed by atoms with Gasteiger partial charge in [0.25, 0.3) is 11.8 Å². The van der Waals surface area contributed by atoms with Crippen molar-refractivity contribution < 1.29 is 29.1 Å². The number of hydrogen-bond acceptors (Lipinski definition) is 14. The molecule has 2 aliphatic heterocycles. The summed E-state index contributed by atoms with van der Waals surface area (Å²) in [5.74, 6) is 2.70. The number of carbonyl (C=O) groups excluding carboxylic acids is 2. The summed E-state index contributed by atoms with van der Waals surface area (Å²) in [5, 5.41) is 39.3. The Morgan fingerprint density at radius 3 is 1.70 bits per heavy atom. The first-order valence-corrected chi connectivity index (χ1v) is 21.6. The molecule has 0 spiro atoms. The summed E-state index contributed by atoms with van der Waals surface area (Å²) in [5.41, 5.74) is 6.26. The number of aromatic nitrogens is 10. The van der Waals surface area contributed by atoms with Crippen molar-refractivity contribution in [1.82, 2.24) is 49.5 Å². The normalized spacial score (nSPS) is 13.1. The molecule has 2 aromatic carbocycles. The molecule has 18 nitrogen and oxygen atoms in total. The third-order valence-electron chi connectivity index (χ3n) is 10.2. The van der Waals surface area contributed by atoms with Gasteiger partial charge < -0.3 is 39.3 Å². The molecule has 0 aliphatic carbocycles. The van der Waals surface area contributed by atoms with Crippen LogP contribution in [0.25, 0.3) is 34.2 Å². The Bertz CT molecular complexity index is 2970. The molecule has 0 unspecified atom stereocenters. The molecule has 4 bridgehead atoms. The topological polar surface area (TPSA) is 230 Å². The van der Waals surface area contributed by atoms with Crippen molar-refractivity contribution >= 4 is 52.0 Å². The number of pyridine rings is 4. The number of carbonyl (C=O) groups is 2. The fraction of sp³-hybridized carbons (Fsp3) is 0.174. The van der Waals surface area contributed by atoms with Crippen molar-refractivity contribution in [3.8, 4) is 45.7 Å². The van der Waals surface area contributed by atoms with Crippen molar-refractivity contribution in [2.75, 3.05) is 23.8 Å². The Hall–Kier alpha value is -7.68. The van der Waals surface area contributed by atoms with Crippen LogP contribution in [0.3, 0.4) is 0 Å². The van der Waals surface area contributed by atoms with Crippen LogP contribution in [0.4, 0.5) is 11.6 Å². The van der Waals surface area contributed by atoms with Gasteiger partial charge in [-0.25, -0.2) is 9.97 Å². The lowest BCUT2D eigenvalue weighted by atomic mass is 9.82. The molecule has 0 atom stereocenters. The van der Waals surface area contributed by atoms with Gasteiger partial charge >= 0.3 is 7.12 Å². The van der Waals surface area contributed by atoms with E-state index in [1.54, 1.807) is 55.2 Å². The summed E-state index contributed by atoms with van der Waals surface area (Å²) >= 11 is 3.40. The summed E-state index contributed by atoms with van der Waals surface area (Å²) < 4.78 is 16.5. The molecule has 6 aromatic heterocycles. The lowest BCUT2D eigenvalue weighted by Crippen LogP contribution is -2.29. The Morgan fingerprint density at radius 2 is 1.17 bits per heavy atom. The molecule has 2 amide bonds. The number of fused-ring (bicyclic) bond motifs is 10. The minimum absolute atomic E-state index is 0.276. The van der Waals surface area contributed by atoms with Crippen LogP contribution in [-0.2, 0) is 13.1 Å². The standard InChI is InChI=1S/C23H20N6O2.C17H14BrN5O2.C6H8BNO2/c1-15-6-7-17(13-24-15)16-8-9-20-18(12-16)23(30)27-21-5-2-4-19(26-21)22-28-25-14-29(22)10-3-11-31-20;18-11-5-6-14-12(9-11)17(24)21-15-4-1-3-13(20-15)16-22-19-10-23(16)7-2-8-25-14;1-5-2-3-6(4-8-5)7(9)10/h2,4-9,12-14H,3,10-11H2,1H3,(H,26,27,30);1,3-6,9-10H,2,7-8H2,(H,20,21,24);2-4,9-10H,1H3. The van der Waals surface area contributed by atoms with Gasteiger partial charge in [0.1, 0.15) is 47.2 Å². The SMILES string of the molecule is Cc1ccc(-c2ccc3c(c2)C(=O)Nc2cccc(n2)-c2nncn2CCCO3)cn1.Cc1ccc(B(O)O)cn1.O=C1Nc2cccc(n2)-c2nncn2CCCOc2ccc(Br)cc21. The minimum atomic E-state index is -1.41. The van der Waals surface area contributed by atoms with Crippen LogP contribution in [0, 0.1) is 13.8 Å². The Kier molecular flexibility index (Phi) is 14.2. The van der Waals surface area contributed by atoms with Crippen molar-refractivity contribution in [2.24, 2.45) is 0 Å². The molecule has 0 saturated carbocycles. The first-order valence-electron chi connectivity index (χ1n) is 20.8. The van der Waals surface area contributed by atoms with E-state index in [1.165, 1.54) is 6.20 Å². The maximum Gasteiger partial charge on any atom is 0.490 e. The molecule has 0 radical (unpaired) electrons. The second-order valence-corrected chi connectivity index (χ2v) is 15.9. The zero-order valence-electron chi connectivity index (χ0n) is 35.7. The highest BCUT2D eigenvalue weighted by Gasteiger charge is 2.20. The van der Waals surface area contributed by atoms with Gasteiger partial charge in [-0.3, -0.25) is 19.6 Å². The highest BCUT2D eigenvalue weighted by molar-refractivity contribution is 9.10. The van der Waals surface area contributed by atoms with Crippen LogP contribution in [-0.4, -0.2) is 91.7 Å². The molecule has 10 rings (SSSR count). The first-order chi connectivity index (χ1) is 32.1. The maximum atomic E-state index is 13.2. The number of nitrogens with zero attached hydrogens (tertiary/aromatic N) is 10. The van der Waals surface area contributed by atoms with E-state index in [-0.39, 0.29) is 11.8 Å². The van der Waals surface area contributed by atoms with E-state index in [1.807, 2.05) is 83.6 Å². The molecule has 20 heteroatoms. The van der Waals surface area contributed by atoms with Gasteiger partial charge in [0.15, 0.2) is 11.6 Å². The van der Waals surface area contributed by atoms with Gasteiger partial charge in [0, 0.05) is 52.4 Å². The molecule has 0 saturated heterocycles. The fourth-order valence-corrected chi connectivity index (χ4v) is 7.14. The van der Waals surface area contributed by atoms with Gasteiger partial charge in [-0.1, -0.05) is 46.3 Å². The molecule has 66 heavy (non-hydrogen) atoms. The van der Waals surface area contributed by atoms with Crippen molar-refractivity contribution in [3.05, 3.63) is 149 Å². The second-order valence-electron chi connectivity index (χ2n) is 15.0. The maximum absolute atomic E-state index is 13.2. The van der Waals surface area contributed by atoms with Crippen LogP contribution in [0.15, 0.2) is 127 Å². The third-order valence-corrected chi connectivity index (χ3v) is 10.7. The van der Waals surface area contributed by atoms with E-state index in [9.17, 15) is 9.59 Å². The van der Waals surface area contributed by atoms with Gasteiger partial charge in [0.2, 0.25) is 0 Å². The molecule has 8 heterocycles. The summed E-state index contributed by atoms with van der Waals surface area (Å²) in [6.45, 7) is 6.08. The molecular formula is C46H42BBrN12O6. The van der Waals surface area contributed by atoms with Crippen LogP contribution in [0.2, 0.25) is 0 Å². The van der Waals surface area contributed by atoms with Crippen molar-refractivity contribution in [2.45, 2.75) is 39.8 Å². The minimum Gasteiger partial charge on any atom is -0.493 e. The summed E-state index contributed by atoms with van der Waals surface area (Å²) in [4.78, 5) is 43.1. The van der Waals surface area contributed by atoms with Crippen molar-refractivity contribution in [1.29, 1.82) is 0 Å². The van der Waals surface area contributed by atoms with Crippen LogP contribution < -0.4 is 25.6 Å². The molecule has 8 aromatic rings. The van der Waals surface area contributed by atoms with E-state index in [0.717, 1.165) is 39.8 Å². The second kappa shape index (κ2) is 20.9. The molecule has 2 aliphatic rings. The van der Waals surface area contributed by atoms with Gasteiger partial charge in [-0.2, -0.15) is 0 Å². The van der Waals surface area contributed by atoms with Crippen LogP contribution in [0.5, 0.6) is 11.5 Å². The zero-order chi connectivity index (χ0) is 46.0. The van der Waals surface area contributed by atoms with Crippen LogP contribution >= 0.6 is 15.9 Å². The lowest BCUT2D eigenvalue weighted by molar-refractivity contribution is 0.101. The summed E-state index contributed by atoms with van der Waals surface area (Å²) in [6.07, 6.45) is 8.08. The molecule has 4 N–H and O–H groups in total. The smallest absolute Gasteiger partial charge is 0.490 e. The van der Waals surface area contributed by atoms with E-state index in [4.69, 9.17) is 19.5 Å². The third kappa shape index (κ3) is 11.2. The average Bonchev–Trinajstić information content (AvgIpc) is 4.00. The monoisotopic (exact) mass is 948 g/mol. The number of anilines is 2. The average molecular weight is 950 g/mol. The van der Waals surface area contributed by atoms with E-state index in [0.29, 0.717) is 89.1 Å². The Balaban J connectivity index is 0.000000151. The number of benzene rings is 2. The number of ether oxygens (including phenoxy) is 2. The quantitative estimate of drug-likeness (QED) is 0.147. The first kappa shape index (κ1) is 44.9. The zero-order valence-corrected chi connectivity index (χ0v) is 37.3. The van der Waals surface area contributed by atoms with Crippen molar-refractivity contribution in [3.63, 3.8) is 0 Å². The summed E-state index contributed by atoms with van der Waals surface area (Å²) in [7, 11) is -1.41. The highest BCUT2D eigenvalue weighted by atomic mass is 79.9. The molecule has 0 fully saturated rings. The lowest BCUT2D eigenvalue weighted by Gasteiger charge is -2.13. The van der Waals surface area contributed by atoms with Crippen LogP contribution in [0.1, 0.15) is 44.9 Å². The molecular weight excluding hydrogens is 907 g/mol. The van der Waals surface area contributed by atoms with E-state index in [2.05, 4.69) is 66.9 Å². The van der Waals surface area contributed by atoms with Gasteiger partial charge in [-0.05, 0) is 99.0 Å². The van der Waals surface area contributed by atoms with E-state index >= 15 is 0 Å². The predicted molar refractivity (Wildman–Crippen MR) is 250 cm³/mol. The number of aryl methyl sites for hydroxylation is 4. The number of rotatable bonds is 2. The van der Waals surface area contributed by atoms with Gasteiger partial charge in [-0.15, -0.1) is 20.4 Å².